The summed E-state index contributed by atoms with van der Waals surface area (Å²) in [5.41, 5.74) is 3.33. The Balaban J connectivity index is 1.90. The molecular formula is C22H30O2Si. The Morgan fingerprint density at radius 2 is 1.44 bits per heavy atom. The fraction of sp³-hybridized carbons (Fsp3) is 0.364. The van der Waals surface area contributed by atoms with Crippen LogP contribution in [-0.2, 0) is 22.4 Å². The molecule has 0 heterocycles. The fourth-order valence-corrected chi connectivity index (χ4v) is 3.06. The minimum Gasteiger partial charge on any atom is -0.489 e. The molecule has 0 aromatic heterocycles. The molecule has 0 spiro atoms. The lowest BCUT2D eigenvalue weighted by Crippen LogP contribution is -2.40. The van der Waals surface area contributed by atoms with E-state index in [1.807, 2.05) is 18.2 Å². The SMILES string of the molecule is C=C(OCc1ccccc1)c1ccc(CO[Si](C)(C)C(C)(C)C)cc1. The lowest BCUT2D eigenvalue weighted by atomic mass is 10.1. The topological polar surface area (TPSA) is 18.5 Å². The van der Waals surface area contributed by atoms with Crippen molar-refractivity contribution in [3.63, 3.8) is 0 Å². The maximum atomic E-state index is 6.27. The average molecular weight is 355 g/mol. The van der Waals surface area contributed by atoms with Crippen LogP contribution < -0.4 is 0 Å². The van der Waals surface area contributed by atoms with E-state index < -0.39 is 8.32 Å². The van der Waals surface area contributed by atoms with Crippen molar-refractivity contribution in [2.24, 2.45) is 0 Å². The molecule has 0 saturated carbocycles. The Hall–Kier alpha value is -1.84. The zero-order chi connectivity index (χ0) is 18.5. The van der Waals surface area contributed by atoms with E-state index in [4.69, 9.17) is 9.16 Å². The normalized spacial score (nSPS) is 12.0. The molecule has 0 aliphatic rings. The summed E-state index contributed by atoms with van der Waals surface area (Å²) < 4.78 is 12.1. The summed E-state index contributed by atoms with van der Waals surface area (Å²) >= 11 is 0. The molecule has 0 amide bonds. The van der Waals surface area contributed by atoms with Crippen LogP contribution in [0, 0.1) is 0 Å². The molecule has 2 aromatic rings. The lowest BCUT2D eigenvalue weighted by Gasteiger charge is -2.36. The van der Waals surface area contributed by atoms with Gasteiger partial charge in [-0.05, 0) is 29.3 Å². The Morgan fingerprint density at radius 3 is 2.00 bits per heavy atom. The van der Waals surface area contributed by atoms with E-state index in [9.17, 15) is 0 Å². The van der Waals surface area contributed by atoms with Gasteiger partial charge in [0.05, 0.1) is 6.61 Å². The Kier molecular flexibility index (Phi) is 6.25. The molecule has 0 radical (unpaired) electrons. The molecule has 0 saturated heterocycles. The number of hydrogen-bond acceptors (Lipinski definition) is 2. The highest BCUT2D eigenvalue weighted by Crippen LogP contribution is 2.37. The largest absolute Gasteiger partial charge is 0.489 e. The van der Waals surface area contributed by atoms with Crippen LogP contribution in [0.4, 0.5) is 0 Å². The van der Waals surface area contributed by atoms with Crippen molar-refractivity contribution < 1.29 is 9.16 Å². The molecule has 134 valence electrons. The molecule has 0 aliphatic carbocycles. The van der Waals surface area contributed by atoms with Crippen molar-refractivity contribution in [3.05, 3.63) is 77.9 Å². The fourth-order valence-electron chi connectivity index (χ4n) is 2.10. The van der Waals surface area contributed by atoms with Gasteiger partial charge in [0, 0.05) is 5.56 Å². The molecule has 2 rings (SSSR count). The Bertz CT molecular complexity index is 682. The Labute approximate surface area is 153 Å². The highest BCUT2D eigenvalue weighted by atomic mass is 28.4. The minimum absolute atomic E-state index is 0.229. The van der Waals surface area contributed by atoms with Crippen LogP contribution in [0.25, 0.3) is 5.76 Å². The van der Waals surface area contributed by atoms with Gasteiger partial charge in [0.15, 0.2) is 8.32 Å². The standard InChI is InChI=1S/C22H30O2Si/c1-18(23-16-19-10-8-7-9-11-19)21-14-12-20(13-15-21)17-24-25(5,6)22(2,3)4/h7-15H,1,16-17H2,2-6H3. The van der Waals surface area contributed by atoms with Gasteiger partial charge in [0.2, 0.25) is 0 Å². The van der Waals surface area contributed by atoms with Gasteiger partial charge in [0.25, 0.3) is 0 Å². The molecule has 0 aliphatic heterocycles. The molecule has 0 fully saturated rings. The van der Waals surface area contributed by atoms with Crippen LogP contribution in [-0.4, -0.2) is 8.32 Å². The van der Waals surface area contributed by atoms with E-state index in [1.54, 1.807) is 0 Å². The summed E-state index contributed by atoms with van der Waals surface area (Å²) in [7, 11) is -1.72. The van der Waals surface area contributed by atoms with E-state index in [2.05, 4.69) is 76.8 Å². The van der Waals surface area contributed by atoms with Gasteiger partial charge in [-0.15, -0.1) is 0 Å². The number of rotatable bonds is 7. The number of benzene rings is 2. The van der Waals surface area contributed by atoms with E-state index >= 15 is 0 Å². The smallest absolute Gasteiger partial charge is 0.192 e. The van der Waals surface area contributed by atoms with Gasteiger partial charge < -0.3 is 9.16 Å². The van der Waals surface area contributed by atoms with Gasteiger partial charge in [-0.1, -0.05) is 81.9 Å². The third-order valence-electron chi connectivity index (χ3n) is 4.94. The van der Waals surface area contributed by atoms with E-state index in [0.29, 0.717) is 19.0 Å². The summed E-state index contributed by atoms with van der Waals surface area (Å²) in [6.45, 7) is 16.6. The maximum Gasteiger partial charge on any atom is 0.192 e. The Morgan fingerprint density at radius 1 is 0.880 bits per heavy atom. The van der Waals surface area contributed by atoms with Crippen LogP contribution >= 0.6 is 0 Å². The first kappa shape index (κ1) is 19.5. The molecule has 0 bridgehead atoms. The van der Waals surface area contributed by atoms with Crippen LogP contribution in [0.1, 0.15) is 37.5 Å². The number of ether oxygens (including phenoxy) is 1. The van der Waals surface area contributed by atoms with Gasteiger partial charge in [-0.2, -0.15) is 0 Å². The van der Waals surface area contributed by atoms with Crippen molar-refractivity contribution in [1.82, 2.24) is 0 Å². The molecule has 2 nitrogen and oxygen atoms in total. The zero-order valence-electron chi connectivity index (χ0n) is 16.1. The van der Waals surface area contributed by atoms with E-state index in [1.165, 1.54) is 5.56 Å². The van der Waals surface area contributed by atoms with Crippen molar-refractivity contribution in [1.29, 1.82) is 0 Å². The zero-order valence-corrected chi connectivity index (χ0v) is 17.1. The molecule has 3 heteroatoms. The molecular weight excluding hydrogens is 324 g/mol. The van der Waals surface area contributed by atoms with Gasteiger partial charge in [-0.25, -0.2) is 0 Å². The second-order valence-corrected chi connectivity index (χ2v) is 12.8. The summed E-state index contributed by atoms with van der Waals surface area (Å²) in [5.74, 6) is 0.695. The van der Waals surface area contributed by atoms with E-state index in [0.717, 1.165) is 11.1 Å². The van der Waals surface area contributed by atoms with Gasteiger partial charge >= 0.3 is 0 Å². The van der Waals surface area contributed by atoms with Crippen molar-refractivity contribution in [2.75, 3.05) is 0 Å². The van der Waals surface area contributed by atoms with Gasteiger partial charge in [-0.3, -0.25) is 0 Å². The van der Waals surface area contributed by atoms with Crippen molar-refractivity contribution in [3.8, 4) is 0 Å². The third kappa shape index (κ3) is 5.58. The summed E-state index contributed by atoms with van der Waals surface area (Å²) in [5, 5.41) is 0.229. The van der Waals surface area contributed by atoms with Crippen LogP contribution in [0.15, 0.2) is 61.2 Å². The lowest BCUT2D eigenvalue weighted by molar-refractivity contribution is 0.265. The quantitative estimate of drug-likeness (QED) is 0.423. The highest BCUT2D eigenvalue weighted by Gasteiger charge is 2.36. The van der Waals surface area contributed by atoms with Crippen molar-refractivity contribution in [2.45, 2.75) is 52.1 Å². The first-order chi connectivity index (χ1) is 11.7. The maximum absolute atomic E-state index is 6.27. The summed E-state index contributed by atoms with van der Waals surface area (Å²) in [6, 6.07) is 18.4. The summed E-state index contributed by atoms with van der Waals surface area (Å²) in [6.07, 6.45) is 0. The summed E-state index contributed by atoms with van der Waals surface area (Å²) in [4.78, 5) is 0. The minimum atomic E-state index is -1.72. The monoisotopic (exact) mass is 354 g/mol. The predicted molar refractivity (Wildman–Crippen MR) is 109 cm³/mol. The molecule has 0 atom stereocenters. The number of hydrogen-bond donors (Lipinski definition) is 0. The average Bonchev–Trinajstić information content (AvgIpc) is 2.58. The van der Waals surface area contributed by atoms with Crippen LogP contribution in [0.2, 0.25) is 18.1 Å². The van der Waals surface area contributed by atoms with Crippen molar-refractivity contribution >= 4 is 14.1 Å². The second kappa shape index (κ2) is 8.02. The molecule has 0 N–H and O–H groups in total. The van der Waals surface area contributed by atoms with E-state index in [-0.39, 0.29) is 5.04 Å². The predicted octanol–water partition coefficient (Wildman–Crippen LogP) is 6.40. The van der Waals surface area contributed by atoms with Crippen LogP contribution in [0.5, 0.6) is 0 Å². The third-order valence-corrected chi connectivity index (χ3v) is 9.42. The van der Waals surface area contributed by atoms with Gasteiger partial charge in [0.1, 0.15) is 12.4 Å². The first-order valence-corrected chi connectivity index (χ1v) is 11.7. The molecule has 0 unspecified atom stereocenters. The highest BCUT2D eigenvalue weighted by molar-refractivity contribution is 6.74. The molecule has 2 aromatic carbocycles. The van der Waals surface area contributed by atoms with Crippen LogP contribution in [0.3, 0.4) is 0 Å². The second-order valence-electron chi connectivity index (χ2n) is 7.94. The first-order valence-electron chi connectivity index (χ1n) is 8.78. The molecule has 25 heavy (non-hydrogen) atoms.